The van der Waals surface area contributed by atoms with Gasteiger partial charge in [0.15, 0.2) is 0 Å². The lowest BCUT2D eigenvalue weighted by Crippen LogP contribution is -1.81. The Morgan fingerprint density at radius 3 is 2.86 bits per heavy atom. The molecule has 14 heavy (non-hydrogen) atoms. The first kappa shape index (κ1) is 8.75. The summed E-state index contributed by atoms with van der Waals surface area (Å²) < 4.78 is 2.06. The number of nitrogens with zero attached hydrogens (tertiary/aromatic N) is 1. The van der Waals surface area contributed by atoms with Gasteiger partial charge in [-0.1, -0.05) is 18.2 Å². The zero-order chi connectivity index (χ0) is 9.97. The predicted molar refractivity (Wildman–Crippen MR) is 58.0 cm³/mol. The fourth-order valence-corrected chi connectivity index (χ4v) is 1.65. The number of fused-ring (bicyclic) bond motifs is 1. The molecule has 1 aromatic carbocycles. The van der Waals surface area contributed by atoms with Crippen molar-refractivity contribution in [3.8, 4) is 0 Å². The van der Waals surface area contributed by atoms with Crippen LogP contribution in [0.2, 0.25) is 0 Å². The van der Waals surface area contributed by atoms with E-state index < -0.39 is 0 Å². The van der Waals surface area contributed by atoms with Gasteiger partial charge in [-0.15, -0.1) is 0 Å². The smallest absolute Gasteiger partial charge is 0.142 e. The molecular formula is C12H11NO. The van der Waals surface area contributed by atoms with Crippen LogP contribution in [-0.4, -0.2) is 10.9 Å². The van der Waals surface area contributed by atoms with E-state index in [-0.39, 0.29) is 0 Å². The molecule has 2 nitrogen and oxygen atoms in total. The zero-order valence-corrected chi connectivity index (χ0v) is 7.97. The minimum Gasteiger partial charge on any atom is -0.350 e. The summed E-state index contributed by atoms with van der Waals surface area (Å²) in [5.41, 5.74) is 2.26. The van der Waals surface area contributed by atoms with Gasteiger partial charge < -0.3 is 4.57 Å². The van der Waals surface area contributed by atoms with Crippen molar-refractivity contribution in [3.63, 3.8) is 0 Å². The Morgan fingerprint density at radius 2 is 2.07 bits per heavy atom. The molecule has 0 saturated heterocycles. The van der Waals surface area contributed by atoms with Crippen molar-refractivity contribution in [2.24, 2.45) is 7.05 Å². The van der Waals surface area contributed by atoms with Crippen molar-refractivity contribution >= 4 is 23.3 Å². The van der Waals surface area contributed by atoms with Crippen molar-refractivity contribution in [1.29, 1.82) is 0 Å². The van der Waals surface area contributed by atoms with Crippen LogP contribution >= 0.6 is 0 Å². The highest BCUT2D eigenvalue weighted by Crippen LogP contribution is 2.20. The number of aryl methyl sites for hydroxylation is 1. The lowest BCUT2D eigenvalue weighted by molar-refractivity contribution is -0.104. The fourth-order valence-electron chi connectivity index (χ4n) is 1.65. The molecule has 0 amide bonds. The molecule has 2 rings (SSSR count). The van der Waals surface area contributed by atoms with E-state index in [4.69, 9.17) is 0 Å². The maximum absolute atomic E-state index is 10.2. The highest BCUT2D eigenvalue weighted by molar-refractivity contribution is 5.91. The van der Waals surface area contributed by atoms with Crippen LogP contribution in [0.25, 0.3) is 17.0 Å². The molecule has 1 heterocycles. The fraction of sp³-hybridized carbons (Fsp3) is 0.0833. The number of aldehydes is 1. The molecule has 0 spiro atoms. The van der Waals surface area contributed by atoms with E-state index >= 15 is 0 Å². The molecule has 0 aliphatic heterocycles. The summed E-state index contributed by atoms with van der Waals surface area (Å²) in [7, 11) is 2.00. The highest BCUT2D eigenvalue weighted by atomic mass is 16.1. The summed E-state index contributed by atoms with van der Waals surface area (Å²) in [5.74, 6) is 0. The number of carbonyl (C=O) groups is 1. The Bertz CT molecular complexity index is 494. The maximum Gasteiger partial charge on any atom is 0.142 e. The van der Waals surface area contributed by atoms with E-state index in [1.54, 1.807) is 0 Å². The van der Waals surface area contributed by atoms with Gasteiger partial charge in [-0.25, -0.2) is 0 Å². The number of rotatable bonds is 2. The number of carbonyl (C=O) groups excluding carboxylic acids is 1. The number of aromatic nitrogens is 1. The van der Waals surface area contributed by atoms with Crippen LogP contribution in [0.5, 0.6) is 0 Å². The standard InChI is InChI=1S/C12H11NO/c1-13-9-10(5-4-8-14)11-6-2-3-7-12(11)13/h2-9H,1H3/b5-4+. The van der Waals surface area contributed by atoms with E-state index in [2.05, 4.69) is 16.7 Å². The van der Waals surface area contributed by atoms with Gasteiger partial charge in [0.05, 0.1) is 0 Å². The summed E-state index contributed by atoms with van der Waals surface area (Å²) in [5, 5.41) is 1.17. The molecule has 70 valence electrons. The Hall–Kier alpha value is -1.83. The van der Waals surface area contributed by atoms with Crippen LogP contribution in [0, 0.1) is 0 Å². The molecule has 0 fully saturated rings. The predicted octanol–water partition coefficient (Wildman–Crippen LogP) is 2.39. The third-order valence-electron chi connectivity index (χ3n) is 2.28. The molecule has 0 atom stereocenters. The Morgan fingerprint density at radius 1 is 1.29 bits per heavy atom. The molecule has 2 heteroatoms. The second kappa shape index (κ2) is 3.50. The number of allylic oxidation sites excluding steroid dienone is 1. The van der Waals surface area contributed by atoms with Gasteiger partial charge in [0.2, 0.25) is 0 Å². The molecule has 0 radical (unpaired) electrons. The number of hydrogen-bond donors (Lipinski definition) is 0. The first-order valence-corrected chi connectivity index (χ1v) is 4.49. The van der Waals surface area contributed by atoms with Crippen LogP contribution in [0.15, 0.2) is 36.5 Å². The van der Waals surface area contributed by atoms with E-state index in [0.29, 0.717) is 0 Å². The molecule has 0 saturated carbocycles. The van der Waals surface area contributed by atoms with Crippen LogP contribution in [0.4, 0.5) is 0 Å². The molecule has 2 aromatic rings. The maximum atomic E-state index is 10.2. The van der Waals surface area contributed by atoms with E-state index in [1.165, 1.54) is 17.0 Å². The Kier molecular flexibility index (Phi) is 2.19. The van der Waals surface area contributed by atoms with E-state index in [1.807, 2.05) is 31.5 Å². The minimum atomic E-state index is 0.793. The molecular weight excluding hydrogens is 174 g/mol. The molecule has 0 bridgehead atoms. The second-order valence-electron chi connectivity index (χ2n) is 3.21. The van der Waals surface area contributed by atoms with Gasteiger partial charge in [-0.3, -0.25) is 4.79 Å². The van der Waals surface area contributed by atoms with Crippen molar-refractivity contribution in [3.05, 3.63) is 42.1 Å². The van der Waals surface area contributed by atoms with Crippen molar-refractivity contribution < 1.29 is 4.79 Å². The summed E-state index contributed by atoms with van der Waals surface area (Å²) in [6.45, 7) is 0. The largest absolute Gasteiger partial charge is 0.350 e. The van der Waals surface area contributed by atoms with E-state index in [0.717, 1.165) is 11.8 Å². The van der Waals surface area contributed by atoms with Crippen molar-refractivity contribution in [2.75, 3.05) is 0 Å². The quantitative estimate of drug-likeness (QED) is 0.520. The number of para-hydroxylation sites is 1. The van der Waals surface area contributed by atoms with Gasteiger partial charge in [-0.05, 0) is 18.2 Å². The Labute approximate surface area is 82.5 Å². The number of benzene rings is 1. The highest BCUT2D eigenvalue weighted by Gasteiger charge is 2.01. The molecule has 0 aliphatic carbocycles. The van der Waals surface area contributed by atoms with Crippen molar-refractivity contribution in [1.82, 2.24) is 4.57 Å². The minimum absolute atomic E-state index is 0.793. The molecule has 0 unspecified atom stereocenters. The van der Waals surface area contributed by atoms with Gasteiger partial charge in [0, 0.05) is 29.7 Å². The van der Waals surface area contributed by atoms with Crippen LogP contribution in [0.1, 0.15) is 5.56 Å². The molecule has 0 aliphatic rings. The van der Waals surface area contributed by atoms with Crippen LogP contribution in [-0.2, 0) is 11.8 Å². The van der Waals surface area contributed by atoms with Crippen LogP contribution in [0.3, 0.4) is 0 Å². The average molecular weight is 185 g/mol. The molecule has 0 N–H and O–H groups in total. The lowest BCUT2D eigenvalue weighted by Gasteiger charge is -1.92. The summed E-state index contributed by atoms with van der Waals surface area (Å²) >= 11 is 0. The summed E-state index contributed by atoms with van der Waals surface area (Å²) in [6.07, 6.45) is 6.16. The SMILES string of the molecule is Cn1cc(/C=C/C=O)c2ccccc21. The van der Waals surface area contributed by atoms with Gasteiger partial charge in [0.25, 0.3) is 0 Å². The molecule has 1 aromatic heterocycles. The number of hydrogen-bond acceptors (Lipinski definition) is 1. The average Bonchev–Trinajstić information content (AvgIpc) is 2.54. The van der Waals surface area contributed by atoms with Crippen LogP contribution < -0.4 is 0 Å². The third-order valence-corrected chi connectivity index (χ3v) is 2.28. The van der Waals surface area contributed by atoms with Gasteiger partial charge in [0.1, 0.15) is 6.29 Å². The third kappa shape index (κ3) is 1.35. The second-order valence-corrected chi connectivity index (χ2v) is 3.21. The first-order valence-electron chi connectivity index (χ1n) is 4.49. The van der Waals surface area contributed by atoms with Crippen molar-refractivity contribution in [2.45, 2.75) is 0 Å². The van der Waals surface area contributed by atoms with Gasteiger partial charge in [-0.2, -0.15) is 0 Å². The first-order chi connectivity index (χ1) is 6.83. The normalized spacial score (nSPS) is 11.2. The summed E-state index contributed by atoms with van der Waals surface area (Å²) in [4.78, 5) is 10.2. The van der Waals surface area contributed by atoms with E-state index in [9.17, 15) is 4.79 Å². The lowest BCUT2D eigenvalue weighted by atomic mass is 10.2. The zero-order valence-electron chi connectivity index (χ0n) is 7.97. The summed E-state index contributed by atoms with van der Waals surface area (Å²) in [6, 6.07) is 8.13. The monoisotopic (exact) mass is 185 g/mol. The van der Waals surface area contributed by atoms with Gasteiger partial charge >= 0.3 is 0 Å². The Balaban J connectivity index is 2.66. The topological polar surface area (TPSA) is 22.0 Å².